The van der Waals surface area contributed by atoms with Crippen LogP contribution in [0, 0.1) is 18.3 Å². The molecule has 96 valence electrons. The van der Waals surface area contributed by atoms with Crippen molar-refractivity contribution in [2.45, 2.75) is 19.8 Å². The SMILES string of the molecule is COc1cc(C)c(NC(=O)CCC#N)cc1OC. The first-order chi connectivity index (χ1) is 8.62. The van der Waals surface area contributed by atoms with E-state index in [0.717, 1.165) is 5.56 Å². The number of hydrogen-bond acceptors (Lipinski definition) is 4. The Morgan fingerprint density at radius 3 is 2.50 bits per heavy atom. The summed E-state index contributed by atoms with van der Waals surface area (Å²) in [5.74, 6) is 0.982. The quantitative estimate of drug-likeness (QED) is 0.867. The molecular formula is C13H16N2O3. The van der Waals surface area contributed by atoms with Crippen molar-refractivity contribution in [1.82, 2.24) is 0 Å². The monoisotopic (exact) mass is 248 g/mol. The van der Waals surface area contributed by atoms with Gasteiger partial charge >= 0.3 is 0 Å². The predicted molar refractivity (Wildman–Crippen MR) is 67.8 cm³/mol. The average Bonchev–Trinajstić information content (AvgIpc) is 2.38. The fourth-order valence-electron chi connectivity index (χ4n) is 1.50. The molecular weight excluding hydrogens is 232 g/mol. The minimum Gasteiger partial charge on any atom is -0.493 e. The first-order valence-corrected chi connectivity index (χ1v) is 5.51. The number of hydrogen-bond donors (Lipinski definition) is 1. The Morgan fingerprint density at radius 2 is 1.94 bits per heavy atom. The topological polar surface area (TPSA) is 71.3 Å². The Hall–Kier alpha value is -2.22. The molecule has 0 fully saturated rings. The molecule has 1 amide bonds. The Balaban J connectivity index is 2.89. The van der Waals surface area contributed by atoms with Crippen LogP contribution in [0.1, 0.15) is 18.4 Å². The molecule has 18 heavy (non-hydrogen) atoms. The van der Waals surface area contributed by atoms with Gasteiger partial charge in [0, 0.05) is 24.6 Å². The summed E-state index contributed by atoms with van der Waals surface area (Å²) in [6, 6.07) is 5.43. The summed E-state index contributed by atoms with van der Waals surface area (Å²) in [4.78, 5) is 11.5. The third-order valence-electron chi connectivity index (χ3n) is 2.47. The zero-order chi connectivity index (χ0) is 13.5. The summed E-state index contributed by atoms with van der Waals surface area (Å²) in [5, 5.41) is 11.2. The fourth-order valence-corrected chi connectivity index (χ4v) is 1.50. The number of amides is 1. The summed E-state index contributed by atoms with van der Waals surface area (Å²) in [6.07, 6.45) is 0.391. The smallest absolute Gasteiger partial charge is 0.225 e. The van der Waals surface area contributed by atoms with Gasteiger partial charge in [-0.25, -0.2) is 0 Å². The van der Waals surface area contributed by atoms with Crippen molar-refractivity contribution in [2.24, 2.45) is 0 Å². The standard InChI is InChI=1S/C13H16N2O3/c1-9-7-11(17-2)12(18-3)8-10(9)15-13(16)5-4-6-14/h7-8H,4-5H2,1-3H3,(H,15,16). The number of benzene rings is 1. The van der Waals surface area contributed by atoms with E-state index in [2.05, 4.69) is 5.32 Å². The van der Waals surface area contributed by atoms with Gasteiger partial charge in [0.1, 0.15) is 0 Å². The minimum atomic E-state index is -0.188. The van der Waals surface area contributed by atoms with Crippen molar-refractivity contribution in [2.75, 3.05) is 19.5 Å². The number of nitriles is 1. The Bertz CT molecular complexity index is 478. The fraction of sp³-hybridized carbons (Fsp3) is 0.385. The number of aryl methyl sites for hydroxylation is 1. The van der Waals surface area contributed by atoms with Crippen LogP contribution in [-0.2, 0) is 4.79 Å². The largest absolute Gasteiger partial charge is 0.493 e. The second kappa shape index (κ2) is 6.50. The van der Waals surface area contributed by atoms with Gasteiger partial charge in [0.25, 0.3) is 0 Å². The number of nitrogens with zero attached hydrogens (tertiary/aromatic N) is 1. The van der Waals surface area contributed by atoms with Gasteiger partial charge in [0.15, 0.2) is 11.5 Å². The molecule has 5 nitrogen and oxygen atoms in total. The lowest BCUT2D eigenvalue weighted by Crippen LogP contribution is -2.12. The lowest BCUT2D eigenvalue weighted by Gasteiger charge is -2.13. The van der Waals surface area contributed by atoms with Gasteiger partial charge in [-0.1, -0.05) is 0 Å². The van der Waals surface area contributed by atoms with E-state index in [9.17, 15) is 4.79 Å². The highest BCUT2D eigenvalue weighted by atomic mass is 16.5. The van der Waals surface area contributed by atoms with Gasteiger partial charge < -0.3 is 14.8 Å². The van der Waals surface area contributed by atoms with Crippen molar-refractivity contribution >= 4 is 11.6 Å². The zero-order valence-electron chi connectivity index (χ0n) is 10.7. The first-order valence-electron chi connectivity index (χ1n) is 5.51. The van der Waals surface area contributed by atoms with Gasteiger partial charge in [0.2, 0.25) is 5.91 Å². The lowest BCUT2D eigenvalue weighted by molar-refractivity contribution is -0.116. The molecule has 0 atom stereocenters. The van der Waals surface area contributed by atoms with Crippen LogP contribution >= 0.6 is 0 Å². The van der Waals surface area contributed by atoms with Gasteiger partial charge in [-0.15, -0.1) is 0 Å². The van der Waals surface area contributed by atoms with Crippen LogP contribution in [0.25, 0.3) is 0 Å². The van der Waals surface area contributed by atoms with Crippen LogP contribution in [0.15, 0.2) is 12.1 Å². The maximum atomic E-state index is 11.5. The average molecular weight is 248 g/mol. The third kappa shape index (κ3) is 3.39. The molecule has 0 aromatic heterocycles. The molecule has 0 aliphatic carbocycles. The van der Waals surface area contributed by atoms with E-state index in [1.165, 1.54) is 7.11 Å². The maximum absolute atomic E-state index is 11.5. The minimum absolute atomic E-state index is 0.185. The van der Waals surface area contributed by atoms with Gasteiger partial charge in [-0.2, -0.15) is 5.26 Å². The number of carbonyl (C=O) groups excluding carboxylic acids is 1. The van der Waals surface area contributed by atoms with Crippen molar-refractivity contribution in [3.05, 3.63) is 17.7 Å². The second-order valence-corrected chi connectivity index (χ2v) is 3.73. The van der Waals surface area contributed by atoms with Crippen LogP contribution in [0.2, 0.25) is 0 Å². The molecule has 0 bridgehead atoms. The molecule has 0 spiro atoms. The summed E-state index contributed by atoms with van der Waals surface area (Å²) in [5.41, 5.74) is 1.54. The van der Waals surface area contributed by atoms with Crippen LogP contribution < -0.4 is 14.8 Å². The van der Waals surface area contributed by atoms with E-state index < -0.39 is 0 Å². The van der Waals surface area contributed by atoms with Crippen LogP contribution in [0.5, 0.6) is 11.5 Å². The molecule has 1 aromatic rings. The van der Waals surface area contributed by atoms with Crippen molar-refractivity contribution in [3.63, 3.8) is 0 Å². The molecule has 1 N–H and O–H groups in total. The van der Waals surface area contributed by atoms with Crippen molar-refractivity contribution in [3.8, 4) is 17.6 Å². The number of ether oxygens (including phenoxy) is 2. The van der Waals surface area contributed by atoms with E-state index in [0.29, 0.717) is 17.2 Å². The molecule has 0 unspecified atom stereocenters. The number of methoxy groups -OCH3 is 2. The Labute approximate surface area is 106 Å². The van der Waals surface area contributed by atoms with Crippen LogP contribution in [-0.4, -0.2) is 20.1 Å². The van der Waals surface area contributed by atoms with E-state index in [4.69, 9.17) is 14.7 Å². The number of carbonyl (C=O) groups is 1. The highest BCUT2D eigenvalue weighted by molar-refractivity contribution is 5.92. The Morgan fingerprint density at radius 1 is 1.33 bits per heavy atom. The first kappa shape index (κ1) is 13.8. The van der Waals surface area contributed by atoms with E-state index in [-0.39, 0.29) is 18.7 Å². The molecule has 0 saturated heterocycles. The molecule has 0 aliphatic heterocycles. The van der Waals surface area contributed by atoms with E-state index in [1.54, 1.807) is 19.2 Å². The normalized spacial score (nSPS) is 9.44. The highest BCUT2D eigenvalue weighted by Gasteiger charge is 2.10. The molecule has 0 heterocycles. The summed E-state index contributed by atoms with van der Waals surface area (Å²) in [6.45, 7) is 1.86. The summed E-state index contributed by atoms with van der Waals surface area (Å²) in [7, 11) is 3.09. The van der Waals surface area contributed by atoms with Crippen LogP contribution in [0.3, 0.4) is 0 Å². The predicted octanol–water partition coefficient (Wildman–Crippen LogP) is 2.25. The Kier molecular flexibility index (Phi) is 5.00. The lowest BCUT2D eigenvalue weighted by atomic mass is 10.1. The number of rotatable bonds is 5. The van der Waals surface area contributed by atoms with Gasteiger partial charge in [-0.3, -0.25) is 4.79 Å². The number of anilines is 1. The van der Waals surface area contributed by atoms with Crippen LogP contribution in [0.4, 0.5) is 5.69 Å². The molecule has 1 rings (SSSR count). The second-order valence-electron chi connectivity index (χ2n) is 3.73. The molecule has 5 heteroatoms. The molecule has 0 saturated carbocycles. The molecule has 0 aliphatic rings. The number of nitrogens with one attached hydrogen (secondary N) is 1. The zero-order valence-corrected chi connectivity index (χ0v) is 10.7. The molecule has 0 radical (unpaired) electrons. The molecule has 1 aromatic carbocycles. The van der Waals surface area contributed by atoms with E-state index in [1.807, 2.05) is 13.0 Å². The highest BCUT2D eigenvalue weighted by Crippen LogP contribution is 2.32. The maximum Gasteiger partial charge on any atom is 0.225 e. The van der Waals surface area contributed by atoms with Gasteiger partial charge in [0.05, 0.1) is 20.3 Å². The van der Waals surface area contributed by atoms with Crippen molar-refractivity contribution in [1.29, 1.82) is 5.26 Å². The van der Waals surface area contributed by atoms with Gasteiger partial charge in [-0.05, 0) is 18.6 Å². The summed E-state index contributed by atoms with van der Waals surface area (Å²) >= 11 is 0. The van der Waals surface area contributed by atoms with E-state index >= 15 is 0 Å². The van der Waals surface area contributed by atoms with Crippen molar-refractivity contribution < 1.29 is 14.3 Å². The summed E-state index contributed by atoms with van der Waals surface area (Å²) < 4.78 is 10.3. The third-order valence-corrected chi connectivity index (χ3v) is 2.47.